The third-order valence-electron chi connectivity index (χ3n) is 3.55. The van der Waals surface area contributed by atoms with Crippen molar-refractivity contribution in [1.29, 1.82) is 5.26 Å². The minimum atomic E-state index is -0.560. The lowest BCUT2D eigenvalue weighted by atomic mass is 10.1. The largest absolute Gasteiger partial charge is 0.395 e. The molecule has 0 spiro atoms. The van der Waals surface area contributed by atoms with Crippen LogP contribution in [0.5, 0.6) is 0 Å². The smallest absolute Gasteiger partial charge is 0.266 e. The topological polar surface area (TPSA) is 76.4 Å². The van der Waals surface area contributed by atoms with Crippen molar-refractivity contribution < 1.29 is 14.3 Å². The van der Waals surface area contributed by atoms with Crippen LogP contribution < -0.4 is 10.2 Å². The summed E-state index contributed by atoms with van der Waals surface area (Å²) in [6.07, 6.45) is 1.48. The number of nitrogens with one attached hydrogen (secondary N) is 1. The van der Waals surface area contributed by atoms with Gasteiger partial charge in [-0.2, -0.15) is 5.26 Å². The summed E-state index contributed by atoms with van der Waals surface area (Å²) in [6.45, 7) is 0.568. The molecule has 0 aliphatic heterocycles. The van der Waals surface area contributed by atoms with E-state index in [0.717, 1.165) is 5.69 Å². The summed E-state index contributed by atoms with van der Waals surface area (Å²) < 4.78 is 12.9. The van der Waals surface area contributed by atoms with Crippen molar-refractivity contribution in [2.75, 3.05) is 30.4 Å². The Bertz CT molecular complexity index is 793. The van der Waals surface area contributed by atoms with Gasteiger partial charge in [0.15, 0.2) is 0 Å². The number of hydrogen-bond donors (Lipinski definition) is 2. The van der Waals surface area contributed by atoms with Crippen molar-refractivity contribution in [1.82, 2.24) is 0 Å². The van der Waals surface area contributed by atoms with Gasteiger partial charge in [-0.25, -0.2) is 4.39 Å². The predicted octanol–water partition coefficient (Wildman–Crippen LogP) is 2.80. The summed E-state index contributed by atoms with van der Waals surface area (Å²) in [5.74, 6) is -0.962. The molecule has 2 N–H and O–H groups in total. The van der Waals surface area contributed by atoms with E-state index in [1.165, 1.54) is 30.3 Å². The van der Waals surface area contributed by atoms with Crippen LogP contribution in [-0.4, -0.2) is 31.2 Å². The van der Waals surface area contributed by atoms with Crippen LogP contribution in [-0.2, 0) is 4.79 Å². The fourth-order valence-electron chi connectivity index (χ4n) is 2.15. The van der Waals surface area contributed by atoms with Crippen LogP contribution >= 0.6 is 0 Å². The molecule has 0 aliphatic rings. The van der Waals surface area contributed by atoms with Crippen LogP contribution in [0.4, 0.5) is 15.8 Å². The summed E-state index contributed by atoms with van der Waals surface area (Å²) in [4.78, 5) is 14.1. The lowest BCUT2D eigenvalue weighted by molar-refractivity contribution is -0.112. The molecule has 0 saturated carbocycles. The molecular formula is C19H18FN3O2. The number of carbonyl (C=O) groups excluding carboxylic acids is 1. The minimum Gasteiger partial charge on any atom is -0.395 e. The fraction of sp³-hybridized carbons (Fsp3) is 0.158. The SMILES string of the molecule is CN(CCO)c1ccc(/C=C(\C#N)C(=O)Nc2ccc(F)cc2)cc1. The predicted molar refractivity (Wildman–Crippen MR) is 95.4 cm³/mol. The second-order valence-electron chi connectivity index (χ2n) is 5.37. The molecule has 5 nitrogen and oxygen atoms in total. The second kappa shape index (κ2) is 8.62. The highest BCUT2D eigenvalue weighted by molar-refractivity contribution is 6.09. The summed E-state index contributed by atoms with van der Waals surface area (Å²) in [5.41, 5.74) is 1.97. The number of benzene rings is 2. The Morgan fingerprint density at radius 1 is 1.24 bits per heavy atom. The summed E-state index contributed by atoms with van der Waals surface area (Å²) in [7, 11) is 1.86. The van der Waals surface area contributed by atoms with Crippen LogP contribution in [0.25, 0.3) is 6.08 Å². The molecule has 0 saturated heterocycles. The van der Waals surface area contributed by atoms with Gasteiger partial charge in [0.1, 0.15) is 17.5 Å². The van der Waals surface area contributed by atoms with Crippen molar-refractivity contribution in [3.05, 3.63) is 65.5 Å². The zero-order valence-corrected chi connectivity index (χ0v) is 13.7. The highest BCUT2D eigenvalue weighted by atomic mass is 19.1. The van der Waals surface area contributed by atoms with Gasteiger partial charge in [-0.05, 0) is 48.0 Å². The third-order valence-corrected chi connectivity index (χ3v) is 3.55. The van der Waals surface area contributed by atoms with Gasteiger partial charge in [0.05, 0.1) is 6.61 Å². The van der Waals surface area contributed by atoms with Crippen molar-refractivity contribution in [3.8, 4) is 6.07 Å². The Morgan fingerprint density at radius 3 is 2.44 bits per heavy atom. The van der Waals surface area contributed by atoms with E-state index in [-0.39, 0.29) is 12.2 Å². The Hall–Kier alpha value is -3.17. The molecule has 0 fully saturated rings. The zero-order valence-electron chi connectivity index (χ0n) is 13.7. The number of aliphatic hydroxyl groups excluding tert-OH is 1. The highest BCUT2D eigenvalue weighted by Gasteiger charge is 2.10. The molecule has 0 heterocycles. The molecule has 0 aromatic heterocycles. The number of nitriles is 1. The fourth-order valence-corrected chi connectivity index (χ4v) is 2.15. The lowest BCUT2D eigenvalue weighted by Gasteiger charge is -2.17. The number of carbonyl (C=O) groups is 1. The maximum atomic E-state index is 12.9. The average molecular weight is 339 g/mol. The van der Waals surface area contributed by atoms with E-state index in [2.05, 4.69) is 5.32 Å². The van der Waals surface area contributed by atoms with Gasteiger partial charge in [0, 0.05) is 25.0 Å². The molecule has 25 heavy (non-hydrogen) atoms. The molecule has 1 amide bonds. The molecule has 2 aromatic carbocycles. The van der Waals surface area contributed by atoms with Gasteiger partial charge in [-0.3, -0.25) is 4.79 Å². The van der Waals surface area contributed by atoms with Gasteiger partial charge in [0.25, 0.3) is 5.91 Å². The van der Waals surface area contributed by atoms with E-state index in [0.29, 0.717) is 17.8 Å². The molecule has 0 unspecified atom stereocenters. The van der Waals surface area contributed by atoms with Crippen LogP contribution in [0.3, 0.4) is 0 Å². The van der Waals surface area contributed by atoms with Crippen LogP contribution in [0.2, 0.25) is 0 Å². The number of hydrogen-bond acceptors (Lipinski definition) is 4. The van der Waals surface area contributed by atoms with Crippen molar-refractivity contribution in [3.63, 3.8) is 0 Å². The first kappa shape index (κ1) is 18.2. The number of amides is 1. The molecule has 0 aliphatic carbocycles. The first-order chi connectivity index (χ1) is 12.0. The van der Waals surface area contributed by atoms with Gasteiger partial charge in [-0.15, -0.1) is 0 Å². The van der Waals surface area contributed by atoms with Gasteiger partial charge in [-0.1, -0.05) is 12.1 Å². The van der Waals surface area contributed by atoms with Crippen molar-refractivity contribution in [2.45, 2.75) is 0 Å². The van der Waals surface area contributed by atoms with E-state index in [9.17, 15) is 14.4 Å². The molecule has 0 atom stereocenters. The zero-order chi connectivity index (χ0) is 18.2. The molecule has 2 rings (SSSR count). The monoisotopic (exact) mass is 339 g/mol. The molecule has 2 aromatic rings. The Balaban J connectivity index is 2.12. The number of nitrogens with zero attached hydrogens (tertiary/aromatic N) is 2. The average Bonchev–Trinajstić information content (AvgIpc) is 2.62. The molecule has 6 heteroatoms. The maximum absolute atomic E-state index is 12.9. The van der Waals surface area contributed by atoms with Crippen LogP contribution in [0, 0.1) is 17.1 Å². The molecular weight excluding hydrogens is 321 g/mol. The number of anilines is 2. The van der Waals surface area contributed by atoms with Crippen LogP contribution in [0.1, 0.15) is 5.56 Å². The Kier molecular flexibility index (Phi) is 6.26. The van der Waals surface area contributed by atoms with E-state index in [1.54, 1.807) is 12.1 Å². The molecule has 0 radical (unpaired) electrons. The number of halogens is 1. The minimum absolute atomic E-state index is 0.0548. The van der Waals surface area contributed by atoms with Crippen molar-refractivity contribution in [2.24, 2.45) is 0 Å². The Morgan fingerprint density at radius 2 is 1.88 bits per heavy atom. The third kappa shape index (κ3) is 5.16. The van der Waals surface area contributed by atoms with E-state index in [4.69, 9.17) is 5.11 Å². The normalized spacial score (nSPS) is 10.9. The number of aliphatic hydroxyl groups is 1. The van der Waals surface area contributed by atoms with Gasteiger partial charge in [0.2, 0.25) is 0 Å². The lowest BCUT2D eigenvalue weighted by Crippen LogP contribution is -2.20. The number of likely N-dealkylation sites (N-methyl/N-ethyl adjacent to an activating group) is 1. The van der Waals surface area contributed by atoms with Crippen LogP contribution in [0.15, 0.2) is 54.1 Å². The quantitative estimate of drug-likeness (QED) is 0.627. The second-order valence-corrected chi connectivity index (χ2v) is 5.37. The standard InChI is InChI=1S/C19H18FN3O2/c1-23(10-11-24)18-8-2-14(3-9-18)12-15(13-21)19(25)22-17-6-4-16(20)5-7-17/h2-9,12,24H,10-11H2,1H3,(H,22,25)/b15-12+. The first-order valence-corrected chi connectivity index (χ1v) is 7.64. The summed E-state index contributed by atoms with van der Waals surface area (Å²) in [5, 5.41) is 20.7. The summed E-state index contributed by atoms with van der Waals surface area (Å²) >= 11 is 0. The Labute approximate surface area is 145 Å². The van der Waals surface area contributed by atoms with E-state index >= 15 is 0 Å². The van der Waals surface area contributed by atoms with E-state index < -0.39 is 11.7 Å². The van der Waals surface area contributed by atoms with Gasteiger partial charge >= 0.3 is 0 Å². The highest BCUT2D eigenvalue weighted by Crippen LogP contribution is 2.16. The molecule has 128 valence electrons. The maximum Gasteiger partial charge on any atom is 0.266 e. The summed E-state index contributed by atoms with van der Waals surface area (Å²) in [6, 6.07) is 14.4. The first-order valence-electron chi connectivity index (χ1n) is 7.64. The van der Waals surface area contributed by atoms with E-state index in [1.807, 2.05) is 30.1 Å². The number of rotatable bonds is 6. The molecule has 0 bridgehead atoms. The van der Waals surface area contributed by atoms with Crippen molar-refractivity contribution >= 4 is 23.4 Å². The van der Waals surface area contributed by atoms with Gasteiger partial charge < -0.3 is 15.3 Å².